The normalized spacial score (nSPS) is 14.4. The minimum absolute atomic E-state index is 0.0793. The van der Waals surface area contributed by atoms with Gasteiger partial charge in [0.25, 0.3) is 5.91 Å². The van der Waals surface area contributed by atoms with Gasteiger partial charge in [0.15, 0.2) is 0 Å². The maximum absolute atomic E-state index is 13.1. The van der Waals surface area contributed by atoms with E-state index in [1.54, 1.807) is 0 Å². The third kappa shape index (κ3) is 5.70. The van der Waals surface area contributed by atoms with Crippen LogP contribution in [0.5, 0.6) is 5.75 Å². The van der Waals surface area contributed by atoms with E-state index in [0.29, 0.717) is 22.9 Å². The van der Waals surface area contributed by atoms with Crippen molar-refractivity contribution in [3.05, 3.63) is 99.6 Å². The number of carbonyl (C=O) groups is 1. The summed E-state index contributed by atoms with van der Waals surface area (Å²) in [5, 5.41) is 0.589. The van der Waals surface area contributed by atoms with E-state index in [1.807, 2.05) is 54.3 Å². The number of halogens is 1. The molecular weight excluding hydrogens is 420 g/mol. The van der Waals surface area contributed by atoms with Crippen LogP contribution in [0.3, 0.4) is 0 Å². The lowest BCUT2D eigenvalue weighted by Gasteiger charge is -2.35. The van der Waals surface area contributed by atoms with Crippen LogP contribution in [0.25, 0.3) is 0 Å². The molecule has 1 aliphatic rings. The van der Waals surface area contributed by atoms with Crippen molar-refractivity contribution in [1.82, 2.24) is 9.80 Å². The first-order valence-corrected chi connectivity index (χ1v) is 11.4. The zero-order valence-electron chi connectivity index (χ0n) is 18.7. The molecule has 1 amide bonds. The predicted molar refractivity (Wildman–Crippen MR) is 129 cm³/mol. The minimum Gasteiger partial charge on any atom is -0.487 e. The average Bonchev–Trinajstić information content (AvgIpc) is 2.80. The van der Waals surface area contributed by atoms with Crippen LogP contribution in [0.15, 0.2) is 66.7 Å². The molecule has 1 fully saturated rings. The summed E-state index contributed by atoms with van der Waals surface area (Å²) in [5.74, 6) is 0.740. The molecule has 0 unspecified atom stereocenters. The Morgan fingerprint density at radius 1 is 0.875 bits per heavy atom. The van der Waals surface area contributed by atoms with Gasteiger partial charge in [-0.05, 0) is 54.8 Å². The predicted octanol–water partition coefficient (Wildman–Crippen LogP) is 5.49. The van der Waals surface area contributed by atoms with E-state index in [9.17, 15) is 4.79 Å². The second-order valence-electron chi connectivity index (χ2n) is 8.48. The van der Waals surface area contributed by atoms with Crippen molar-refractivity contribution in [2.45, 2.75) is 27.0 Å². The number of ether oxygens (including phenoxy) is 1. The molecule has 0 bridgehead atoms. The summed E-state index contributed by atoms with van der Waals surface area (Å²) in [6.07, 6.45) is 0. The molecule has 0 radical (unpaired) electrons. The number of rotatable bonds is 6. The summed E-state index contributed by atoms with van der Waals surface area (Å²) in [6.45, 7) is 8.67. The van der Waals surface area contributed by atoms with Gasteiger partial charge in [0.2, 0.25) is 0 Å². The fourth-order valence-corrected chi connectivity index (χ4v) is 4.21. The van der Waals surface area contributed by atoms with E-state index in [-0.39, 0.29) is 5.91 Å². The van der Waals surface area contributed by atoms with Gasteiger partial charge in [-0.25, -0.2) is 0 Å². The number of hydrogen-bond acceptors (Lipinski definition) is 3. The summed E-state index contributed by atoms with van der Waals surface area (Å²) >= 11 is 6.23. The average molecular weight is 449 g/mol. The van der Waals surface area contributed by atoms with Crippen LogP contribution in [0.4, 0.5) is 0 Å². The third-order valence-electron chi connectivity index (χ3n) is 5.80. The minimum atomic E-state index is 0.0793. The highest BCUT2D eigenvalue weighted by Crippen LogP contribution is 2.26. The zero-order chi connectivity index (χ0) is 22.5. The monoisotopic (exact) mass is 448 g/mol. The molecule has 0 aliphatic carbocycles. The van der Waals surface area contributed by atoms with Crippen LogP contribution >= 0.6 is 11.6 Å². The lowest BCUT2D eigenvalue weighted by Crippen LogP contribution is -2.48. The molecule has 1 aliphatic heterocycles. The number of piperazine rings is 1. The number of carbonyl (C=O) groups excluding carboxylic acids is 1. The maximum Gasteiger partial charge on any atom is 0.253 e. The van der Waals surface area contributed by atoms with Gasteiger partial charge in [-0.1, -0.05) is 59.6 Å². The van der Waals surface area contributed by atoms with Crippen molar-refractivity contribution in [2.75, 3.05) is 26.2 Å². The van der Waals surface area contributed by atoms with E-state index in [4.69, 9.17) is 16.3 Å². The second kappa shape index (κ2) is 10.2. The molecule has 1 heterocycles. The third-order valence-corrected chi connectivity index (χ3v) is 6.12. The maximum atomic E-state index is 13.1. The number of aryl methyl sites for hydroxylation is 2. The Morgan fingerprint density at radius 2 is 1.59 bits per heavy atom. The van der Waals surface area contributed by atoms with Gasteiger partial charge in [-0.2, -0.15) is 0 Å². The van der Waals surface area contributed by atoms with Crippen LogP contribution in [0, 0.1) is 13.8 Å². The first kappa shape index (κ1) is 22.4. The van der Waals surface area contributed by atoms with Gasteiger partial charge >= 0.3 is 0 Å². The lowest BCUT2D eigenvalue weighted by atomic mass is 10.1. The molecule has 1 saturated heterocycles. The van der Waals surface area contributed by atoms with Crippen LogP contribution in [0.1, 0.15) is 32.6 Å². The molecule has 4 nitrogen and oxygen atoms in total. The summed E-state index contributed by atoms with van der Waals surface area (Å²) in [6, 6.07) is 22.0. The van der Waals surface area contributed by atoms with E-state index in [0.717, 1.165) is 43.9 Å². The quantitative estimate of drug-likeness (QED) is 0.499. The van der Waals surface area contributed by atoms with Crippen LogP contribution in [0.2, 0.25) is 5.02 Å². The number of amides is 1. The molecule has 4 rings (SSSR count). The van der Waals surface area contributed by atoms with Gasteiger partial charge in [0.1, 0.15) is 12.4 Å². The summed E-state index contributed by atoms with van der Waals surface area (Å²) in [5.41, 5.74) is 5.35. The molecule has 0 spiro atoms. The van der Waals surface area contributed by atoms with Gasteiger partial charge in [-0.15, -0.1) is 0 Å². The van der Waals surface area contributed by atoms with Gasteiger partial charge < -0.3 is 9.64 Å². The number of hydrogen-bond donors (Lipinski definition) is 0. The molecule has 3 aromatic carbocycles. The smallest absolute Gasteiger partial charge is 0.253 e. The molecule has 166 valence electrons. The first-order valence-electron chi connectivity index (χ1n) is 11.0. The van der Waals surface area contributed by atoms with Crippen molar-refractivity contribution >= 4 is 17.5 Å². The number of benzene rings is 3. The Balaban J connectivity index is 1.33. The Bertz CT molecular complexity index is 1090. The van der Waals surface area contributed by atoms with Crippen molar-refractivity contribution < 1.29 is 9.53 Å². The van der Waals surface area contributed by atoms with Crippen molar-refractivity contribution in [3.8, 4) is 5.75 Å². The van der Waals surface area contributed by atoms with Crippen molar-refractivity contribution in [1.29, 1.82) is 0 Å². The highest BCUT2D eigenvalue weighted by Gasteiger charge is 2.22. The molecule has 0 atom stereocenters. The molecule has 3 aromatic rings. The van der Waals surface area contributed by atoms with Crippen LogP contribution in [-0.4, -0.2) is 41.9 Å². The number of nitrogens with zero attached hydrogens (tertiary/aromatic N) is 2. The Hall–Kier alpha value is -2.82. The topological polar surface area (TPSA) is 32.8 Å². The van der Waals surface area contributed by atoms with Crippen molar-refractivity contribution in [3.63, 3.8) is 0 Å². The Morgan fingerprint density at radius 3 is 2.38 bits per heavy atom. The zero-order valence-corrected chi connectivity index (χ0v) is 19.4. The van der Waals surface area contributed by atoms with Crippen LogP contribution in [-0.2, 0) is 13.2 Å². The lowest BCUT2D eigenvalue weighted by molar-refractivity contribution is 0.0628. The first-order chi connectivity index (χ1) is 15.5. The van der Waals surface area contributed by atoms with Gasteiger partial charge in [0.05, 0.1) is 5.02 Å². The van der Waals surface area contributed by atoms with Gasteiger partial charge in [-0.3, -0.25) is 9.69 Å². The second-order valence-corrected chi connectivity index (χ2v) is 8.89. The highest BCUT2D eigenvalue weighted by molar-refractivity contribution is 6.32. The fraction of sp³-hybridized carbons (Fsp3) is 0.296. The van der Waals surface area contributed by atoms with Gasteiger partial charge in [0, 0.05) is 38.3 Å². The summed E-state index contributed by atoms with van der Waals surface area (Å²) in [7, 11) is 0. The van der Waals surface area contributed by atoms with E-state index < -0.39 is 0 Å². The molecular formula is C27H29ClN2O2. The molecule has 0 aromatic heterocycles. The molecule has 0 N–H and O–H groups in total. The molecule has 0 saturated carbocycles. The highest BCUT2D eigenvalue weighted by atomic mass is 35.5. The summed E-state index contributed by atoms with van der Waals surface area (Å²) in [4.78, 5) is 17.4. The Kier molecular flexibility index (Phi) is 7.13. The SMILES string of the molecule is Cc1cccc(CN2CCN(C(=O)c3cccc(COc4cc(C)ccc4Cl)c3)CC2)c1. The Labute approximate surface area is 195 Å². The standard InChI is InChI=1S/C27H29ClN2O2/c1-20-5-3-6-22(15-20)18-29-11-13-30(14-12-29)27(31)24-8-4-7-23(17-24)19-32-26-16-21(2)9-10-25(26)28/h3-10,15-17H,11-14,18-19H2,1-2H3. The summed E-state index contributed by atoms with van der Waals surface area (Å²) < 4.78 is 5.90. The molecule has 5 heteroatoms. The largest absolute Gasteiger partial charge is 0.487 e. The van der Waals surface area contributed by atoms with Crippen molar-refractivity contribution in [2.24, 2.45) is 0 Å². The molecule has 32 heavy (non-hydrogen) atoms. The van der Waals surface area contributed by atoms with E-state index >= 15 is 0 Å². The van der Waals surface area contributed by atoms with Crippen LogP contribution < -0.4 is 4.74 Å². The fourth-order valence-electron chi connectivity index (χ4n) is 4.04. The van der Waals surface area contributed by atoms with E-state index in [1.165, 1.54) is 11.1 Å². The van der Waals surface area contributed by atoms with E-state index in [2.05, 4.69) is 36.1 Å².